The van der Waals surface area contributed by atoms with E-state index in [2.05, 4.69) is 6.07 Å². The average Bonchev–Trinajstić information content (AvgIpc) is 2.38. The van der Waals surface area contributed by atoms with E-state index in [-0.39, 0.29) is 12.0 Å². The van der Waals surface area contributed by atoms with E-state index < -0.39 is 6.10 Å². The summed E-state index contributed by atoms with van der Waals surface area (Å²) in [5, 5.41) is 10.5. The van der Waals surface area contributed by atoms with Crippen molar-refractivity contribution in [3.8, 4) is 5.75 Å². The normalized spacial score (nSPS) is 18.1. The summed E-state index contributed by atoms with van der Waals surface area (Å²) >= 11 is 0. The highest BCUT2D eigenvalue weighted by molar-refractivity contribution is 5.44. The molecule has 1 aromatic carbocycles. The predicted molar refractivity (Wildman–Crippen MR) is 70.9 cm³/mol. The van der Waals surface area contributed by atoms with Gasteiger partial charge in [-0.3, -0.25) is 0 Å². The molecule has 0 aliphatic carbocycles. The van der Waals surface area contributed by atoms with Crippen LogP contribution >= 0.6 is 0 Å². The Bertz CT molecular complexity index is 401. The number of fused-ring (bicyclic) bond motifs is 1. The van der Waals surface area contributed by atoms with Crippen LogP contribution in [0.15, 0.2) is 18.2 Å². The van der Waals surface area contributed by atoms with E-state index in [0.717, 1.165) is 30.8 Å². The monoisotopic (exact) mass is 250 g/mol. The van der Waals surface area contributed by atoms with Crippen molar-refractivity contribution < 1.29 is 14.6 Å². The number of rotatable bonds is 4. The number of ether oxygens (including phenoxy) is 2. The number of para-hydroxylation sites is 1. The van der Waals surface area contributed by atoms with Crippen molar-refractivity contribution in [2.24, 2.45) is 5.92 Å². The molecule has 0 spiro atoms. The molecule has 0 saturated heterocycles. The van der Waals surface area contributed by atoms with Crippen LogP contribution in [-0.4, -0.2) is 24.9 Å². The van der Waals surface area contributed by atoms with E-state index in [1.54, 1.807) is 7.11 Å². The molecule has 1 aliphatic rings. The Morgan fingerprint density at radius 2 is 2.11 bits per heavy atom. The maximum atomic E-state index is 10.5. The molecule has 0 bridgehead atoms. The van der Waals surface area contributed by atoms with Gasteiger partial charge < -0.3 is 14.6 Å². The Balaban J connectivity index is 2.32. The fourth-order valence-corrected chi connectivity index (χ4v) is 2.59. The molecular weight excluding hydrogens is 228 g/mol. The predicted octanol–water partition coefficient (Wildman–Crippen LogP) is 2.72. The first-order valence-electron chi connectivity index (χ1n) is 6.60. The Labute approximate surface area is 109 Å². The van der Waals surface area contributed by atoms with E-state index in [1.165, 1.54) is 5.56 Å². The molecule has 0 aromatic heterocycles. The molecule has 1 N–H and O–H groups in total. The van der Waals surface area contributed by atoms with Crippen LogP contribution in [0.3, 0.4) is 0 Å². The standard InChI is InChI=1S/C15H22O3/c1-10(2)14(17-3)13(16)12-8-4-6-11-7-5-9-18-15(11)12/h4,6,8,10,13-14,16H,5,7,9H2,1-3H3. The lowest BCUT2D eigenvalue weighted by atomic mass is 9.92. The molecule has 2 unspecified atom stereocenters. The van der Waals surface area contributed by atoms with Gasteiger partial charge in [-0.2, -0.15) is 0 Å². The third-order valence-corrected chi connectivity index (χ3v) is 3.52. The molecule has 100 valence electrons. The molecule has 3 heteroatoms. The second-order valence-electron chi connectivity index (χ2n) is 5.18. The number of aliphatic hydroxyl groups is 1. The minimum absolute atomic E-state index is 0.206. The third-order valence-electron chi connectivity index (χ3n) is 3.52. The lowest BCUT2D eigenvalue weighted by molar-refractivity contribution is -0.0402. The topological polar surface area (TPSA) is 38.7 Å². The maximum absolute atomic E-state index is 10.5. The van der Waals surface area contributed by atoms with Crippen molar-refractivity contribution in [2.45, 2.75) is 38.9 Å². The van der Waals surface area contributed by atoms with Crippen molar-refractivity contribution in [1.29, 1.82) is 0 Å². The van der Waals surface area contributed by atoms with Gasteiger partial charge >= 0.3 is 0 Å². The molecule has 1 heterocycles. The Hall–Kier alpha value is -1.06. The molecule has 0 fully saturated rings. The van der Waals surface area contributed by atoms with E-state index >= 15 is 0 Å². The van der Waals surface area contributed by atoms with Gasteiger partial charge in [0.15, 0.2) is 0 Å². The van der Waals surface area contributed by atoms with Crippen LogP contribution in [0.2, 0.25) is 0 Å². The van der Waals surface area contributed by atoms with Crippen molar-refractivity contribution >= 4 is 0 Å². The lowest BCUT2D eigenvalue weighted by Crippen LogP contribution is -2.27. The minimum Gasteiger partial charge on any atom is -0.493 e. The summed E-state index contributed by atoms with van der Waals surface area (Å²) < 4.78 is 11.1. The number of hydrogen-bond acceptors (Lipinski definition) is 3. The van der Waals surface area contributed by atoms with E-state index in [1.807, 2.05) is 26.0 Å². The van der Waals surface area contributed by atoms with Gasteiger partial charge in [-0.05, 0) is 24.3 Å². The van der Waals surface area contributed by atoms with Crippen molar-refractivity contribution in [1.82, 2.24) is 0 Å². The van der Waals surface area contributed by atoms with Gasteiger partial charge in [-0.25, -0.2) is 0 Å². The maximum Gasteiger partial charge on any atom is 0.128 e. The Morgan fingerprint density at radius 3 is 2.78 bits per heavy atom. The summed E-state index contributed by atoms with van der Waals surface area (Å²) in [4.78, 5) is 0. The van der Waals surface area contributed by atoms with Gasteiger partial charge in [0.05, 0.1) is 12.7 Å². The van der Waals surface area contributed by atoms with Crippen LogP contribution < -0.4 is 4.74 Å². The molecule has 18 heavy (non-hydrogen) atoms. The number of hydrogen-bond donors (Lipinski definition) is 1. The van der Waals surface area contributed by atoms with Crippen LogP contribution in [0.4, 0.5) is 0 Å². The fourth-order valence-electron chi connectivity index (χ4n) is 2.59. The zero-order chi connectivity index (χ0) is 13.1. The van der Waals surface area contributed by atoms with E-state index in [4.69, 9.17) is 9.47 Å². The molecule has 1 aromatic rings. The van der Waals surface area contributed by atoms with E-state index in [0.29, 0.717) is 0 Å². The number of methoxy groups -OCH3 is 1. The van der Waals surface area contributed by atoms with E-state index in [9.17, 15) is 5.11 Å². The lowest BCUT2D eigenvalue weighted by Gasteiger charge is -2.28. The first-order valence-corrected chi connectivity index (χ1v) is 6.60. The first kappa shape index (κ1) is 13.4. The molecule has 0 saturated carbocycles. The number of aliphatic hydroxyl groups excluding tert-OH is 1. The second-order valence-corrected chi connectivity index (χ2v) is 5.18. The molecule has 0 amide bonds. The molecule has 2 rings (SSSR count). The van der Waals surface area contributed by atoms with Crippen LogP contribution in [0.1, 0.15) is 37.5 Å². The van der Waals surface area contributed by atoms with Crippen molar-refractivity contribution in [2.75, 3.05) is 13.7 Å². The summed E-state index contributed by atoms with van der Waals surface area (Å²) in [7, 11) is 1.64. The Morgan fingerprint density at radius 1 is 1.33 bits per heavy atom. The molecule has 3 nitrogen and oxygen atoms in total. The smallest absolute Gasteiger partial charge is 0.128 e. The highest BCUT2D eigenvalue weighted by Gasteiger charge is 2.28. The molecule has 1 aliphatic heterocycles. The summed E-state index contributed by atoms with van der Waals surface area (Å²) in [6, 6.07) is 5.99. The first-order chi connectivity index (χ1) is 8.65. The largest absolute Gasteiger partial charge is 0.493 e. The summed E-state index contributed by atoms with van der Waals surface area (Å²) in [6.07, 6.45) is 1.23. The summed E-state index contributed by atoms with van der Waals surface area (Å²) in [5.41, 5.74) is 2.05. The number of aryl methyl sites for hydroxylation is 1. The highest BCUT2D eigenvalue weighted by Crippen LogP contribution is 2.36. The van der Waals surface area contributed by atoms with Crippen molar-refractivity contribution in [3.05, 3.63) is 29.3 Å². The third kappa shape index (κ3) is 2.52. The van der Waals surface area contributed by atoms with Crippen LogP contribution in [0.25, 0.3) is 0 Å². The van der Waals surface area contributed by atoms with Gasteiger partial charge in [0.25, 0.3) is 0 Å². The zero-order valence-corrected chi connectivity index (χ0v) is 11.3. The van der Waals surface area contributed by atoms with Crippen molar-refractivity contribution in [3.63, 3.8) is 0 Å². The number of benzene rings is 1. The summed E-state index contributed by atoms with van der Waals surface area (Å²) in [5.74, 6) is 1.11. The van der Waals surface area contributed by atoms with Gasteiger partial charge in [0.2, 0.25) is 0 Å². The second kappa shape index (κ2) is 5.72. The average molecular weight is 250 g/mol. The van der Waals surface area contributed by atoms with Crippen LogP contribution in [0.5, 0.6) is 5.75 Å². The minimum atomic E-state index is -0.636. The zero-order valence-electron chi connectivity index (χ0n) is 11.3. The van der Waals surface area contributed by atoms with Gasteiger partial charge in [-0.15, -0.1) is 0 Å². The van der Waals surface area contributed by atoms with Crippen LogP contribution in [-0.2, 0) is 11.2 Å². The molecular formula is C15H22O3. The summed E-state index contributed by atoms with van der Waals surface area (Å²) in [6.45, 7) is 4.83. The SMILES string of the molecule is COC(C(C)C)C(O)c1cccc2c1OCCC2. The molecule has 0 radical (unpaired) electrons. The van der Waals surface area contributed by atoms with Gasteiger partial charge in [0, 0.05) is 12.7 Å². The quantitative estimate of drug-likeness (QED) is 0.893. The van der Waals surface area contributed by atoms with Crippen LogP contribution in [0, 0.1) is 5.92 Å². The fraction of sp³-hybridized carbons (Fsp3) is 0.600. The van der Waals surface area contributed by atoms with Gasteiger partial charge in [-0.1, -0.05) is 32.0 Å². The van der Waals surface area contributed by atoms with Gasteiger partial charge in [0.1, 0.15) is 11.9 Å². The Kier molecular flexibility index (Phi) is 4.25. The highest BCUT2D eigenvalue weighted by atomic mass is 16.5. The molecule has 2 atom stereocenters.